The van der Waals surface area contributed by atoms with Crippen LogP contribution in [-0.2, 0) is 6.54 Å². The van der Waals surface area contributed by atoms with Gasteiger partial charge in [0.2, 0.25) is 0 Å². The lowest BCUT2D eigenvalue weighted by molar-refractivity contribution is 0.284. The lowest BCUT2D eigenvalue weighted by atomic mass is 10.1. The molecule has 1 aliphatic rings. The summed E-state index contributed by atoms with van der Waals surface area (Å²) < 4.78 is 13.8. The summed E-state index contributed by atoms with van der Waals surface area (Å²) in [6, 6.07) is 5.80. The monoisotopic (exact) mass is 388 g/mol. The van der Waals surface area contributed by atoms with Crippen LogP contribution in [0.2, 0.25) is 0 Å². The molecule has 2 aromatic rings. The number of nitrogens with zero attached hydrogens (tertiary/aromatic N) is 2. The van der Waals surface area contributed by atoms with Crippen molar-refractivity contribution >= 4 is 17.4 Å². The zero-order chi connectivity index (χ0) is 19.1. The number of aromatic nitrogens is 1. The molecule has 0 amide bonds. The minimum atomic E-state index is 0.0404. The van der Waals surface area contributed by atoms with Gasteiger partial charge in [-0.1, -0.05) is 56.4 Å². The number of benzene rings is 1. The van der Waals surface area contributed by atoms with Crippen LogP contribution in [0.4, 0.5) is 0 Å². The Morgan fingerprint density at radius 2 is 2.00 bits per heavy atom. The number of ether oxygens (including phenoxy) is 2. The van der Waals surface area contributed by atoms with Crippen molar-refractivity contribution < 1.29 is 9.47 Å². The second kappa shape index (κ2) is 9.74. The number of methoxy groups -OCH3 is 1. The van der Waals surface area contributed by atoms with Crippen molar-refractivity contribution in [2.24, 2.45) is 4.99 Å². The van der Waals surface area contributed by atoms with Crippen molar-refractivity contribution in [3.8, 4) is 11.5 Å². The molecule has 5 nitrogen and oxygen atoms in total. The summed E-state index contributed by atoms with van der Waals surface area (Å²) in [7, 11) is 1.64. The summed E-state index contributed by atoms with van der Waals surface area (Å²) >= 11 is 1.44. The highest BCUT2D eigenvalue weighted by atomic mass is 32.1. The predicted molar refractivity (Wildman–Crippen MR) is 110 cm³/mol. The molecule has 0 saturated carbocycles. The van der Waals surface area contributed by atoms with E-state index in [2.05, 4.69) is 11.9 Å². The maximum Gasteiger partial charge on any atom is 0.270 e. The molecule has 0 fully saturated rings. The third-order valence-electron chi connectivity index (χ3n) is 4.70. The topological polar surface area (TPSA) is 52.8 Å². The fourth-order valence-corrected chi connectivity index (χ4v) is 4.21. The number of hydrogen-bond acceptors (Lipinski definition) is 5. The molecule has 6 heteroatoms. The first kappa shape index (κ1) is 19.7. The Kier molecular flexibility index (Phi) is 7.10. The minimum Gasteiger partial charge on any atom is -0.493 e. The Morgan fingerprint density at radius 1 is 1.19 bits per heavy atom. The van der Waals surface area contributed by atoms with Gasteiger partial charge in [-0.3, -0.25) is 14.4 Å². The van der Waals surface area contributed by atoms with E-state index in [0.717, 1.165) is 22.5 Å². The van der Waals surface area contributed by atoms with Gasteiger partial charge in [-0.05, 0) is 30.2 Å². The van der Waals surface area contributed by atoms with E-state index < -0.39 is 0 Å². The molecule has 0 spiro atoms. The second-order valence-electron chi connectivity index (χ2n) is 6.76. The molecule has 0 bridgehead atoms. The van der Waals surface area contributed by atoms with Gasteiger partial charge in [0.25, 0.3) is 5.56 Å². The molecule has 1 aromatic heterocycles. The minimum absolute atomic E-state index is 0.0404. The standard InChI is InChI=1S/C21H28N2O3S/c1-3-4-5-6-7-8-13-26-17-10-9-16(14-18(17)25-2)15-19-20(24)23-12-11-22-21(23)27-19/h9-10,14-15H,3-8,11-13H2,1-2H3. The third kappa shape index (κ3) is 5.01. The van der Waals surface area contributed by atoms with E-state index in [1.165, 1.54) is 43.4 Å². The summed E-state index contributed by atoms with van der Waals surface area (Å²) in [6.45, 7) is 4.33. The maximum absolute atomic E-state index is 12.4. The van der Waals surface area contributed by atoms with Gasteiger partial charge in [-0.25, -0.2) is 0 Å². The first-order chi connectivity index (χ1) is 13.2. The molecule has 1 aliphatic heterocycles. The van der Waals surface area contributed by atoms with Crippen molar-refractivity contribution in [1.82, 2.24) is 4.57 Å². The van der Waals surface area contributed by atoms with E-state index in [1.54, 1.807) is 11.7 Å². The van der Waals surface area contributed by atoms with Gasteiger partial charge < -0.3 is 9.47 Å². The van der Waals surface area contributed by atoms with Gasteiger partial charge in [0.15, 0.2) is 16.3 Å². The Balaban J connectivity index is 1.65. The van der Waals surface area contributed by atoms with E-state index in [9.17, 15) is 4.79 Å². The number of rotatable bonds is 10. The van der Waals surface area contributed by atoms with E-state index in [4.69, 9.17) is 9.47 Å². The molecule has 2 heterocycles. The van der Waals surface area contributed by atoms with Crippen LogP contribution in [0, 0.1) is 0 Å². The van der Waals surface area contributed by atoms with Crippen LogP contribution in [0.3, 0.4) is 0 Å². The normalized spacial score (nSPS) is 13.5. The smallest absolute Gasteiger partial charge is 0.270 e. The van der Waals surface area contributed by atoms with Crippen molar-refractivity contribution in [3.63, 3.8) is 0 Å². The van der Waals surface area contributed by atoms with Crippen LogP contribution in [0.5, 0.6) is 11.5 Å². The van der Waals surface area contributed by atoms with Gasteiger partial charge in [0.05, 0.1) is 24.8 Å². The third-order valence-corrected chi connectivity index (χ3v) is 5.74. The largest absolute Gasteiger partial charge is 0.493 e. The molecule has 0 atom stereocenters. The SMILES string of the molecule is CCCCCCCCOc1ccc(C=c2sc3n(c2=O)CCN=3)cc1OC. The van der Waals surface area contributed by atoms with Gasteiger partial charge in [0.1, 0.15) is 0 Å². The Hall–Kier alpha value is -2.08. The second-order valence-corrected chi connectivity index (χ2v) is 7.77. The lowest BCUT2D eigenvalue weighted by Gasteiger charge is -2.11. The average Bonchev–Trinajstić information content (AvgIpc) is 3.25. The number of unbranched alkanes of at least 4 members (excludes halogenated alkanes) is 5. The molecular weight excluding hydrogens is 360 g/mol. The van der Waals surface area contributed by atoms with Crippen LogP contribution in [0.15, 0.2) is 28.0 Å². The zero-order valence-corrected chi connectivity index (χ0v) is 17.0. The summed E-state index contributed by atoms with van der Waals surface area (Å²) in [5.41, 5.74) is 0.968. The molecule has 0 N–H and O–H groups in total. The Labute approximate surface area is 164 Å². The van der Waals surface area contributed by atoms with Crippen molar-refractivity contribution in [2.45, 2.75) is 52.0 Å². The van der Waals surface area contributed by atoms with Crippen LogP contribution < -0.4 is 24.4 Å². The summed E-state index contributed by atoms with van der Waals surface area (Å²) in [5, 5.41) is 0. The number of thiazole rings is 1. The number of hydrogen-bond donors (Lipinski definition) is 0. The molecular formula is C21H28N2O3S. The zero-order valence-electron chi connectivity index (χ0n) is 16.2. The van der Waals surface area contributed by atoms with E-state index in [-0.39, 0.29) is 5.56 Å². The first-order valence-corrected chi connectivity index (χ1v) is 10.6. The molecule has 0 aliphatic carbocycles. The molecule has 0 saturated heterocycles. The van der Waals surface area contributed by atoms with Crippen LogP contribution >= 0.6 is 11.3 Å². The van der Waals surface area contributed by atoms with Crippen molar-refractivity contribution in [1.29, 1.82) is 0 Å². The predicted octanol–water partition coefficient (Wildman–Crippen LogP) is 3.12. The van der Waals surface area contributed by atoms with Gasteiger partial charge in [-0.2, -0.15) is 0 Å². The molecule has 0 radical (unpaired) electrons. The summed E-state index contributed by atoms with van der Waals surface area (Å²) in [4.78, 5) is 17.6. The highest BCUT2D eigenvalue weighted by Crippen LogP contribution is 2.28. The Bertz CT molecular complexity index is 930. The number of fused-ring (bicyclic) bond motifs is 1. The van der Waals surface area contributed by atoms with Gasteiger partial charge in [-0.15, -0.1) is 0 Å². The first-order valence-electron chi connectivity index (χ1n) is 9.79. The maximum atomic E-state index is 12.4. The van der Waals surface area contributed by atoms with E-state index >= 15 is 0 Å². The summed E-state index contributed by atoms with van der Waals surface area (Å²) in [6.07, 6.45) is 9.32. The quantitative estimate of drug-likeness (QED) is 0.588. The van der Waals surface area contributed by atoms with Crippen molar-refractivity contribution in [3.05, 3.63) is 43.5 Å². The molecule has 3 rings (SSSR count). The van der Waals surface area contributed by atoms with E-state index in [1.807, 2.05) is 24.3 Å². The highest BCUT2D eigenvalue weighted by molar-refractivity contribution is 7.07. The van der Waals surface area contributed by atoms with Crippen LogP contribution in [0.25, 0.3) is 6.08 Å². The molecule has 146 valence electrons. The summed E-state index contributed by atoms with van der Waals surface area (Å²) in [5.74, 6) is 1.45. The fourth-order valence-electron chi connectivity index (χ4n) is 3.18. The molecule has 1 aromatic carbocycles. The van der Waals surface area contributed by atoms with Crippen LogP contribution in [0.1, 0.15) is 51.0 Å². The molecule has 27 heavy (non-hydrogen) atoms. The van der Waals surface area contributed by atoms with Gasteiger partial charge >= 0.3 is 0 Å². The highest BCUT2D eigenvalue weighted by Gasteiger charge is 2.10. The fraction of sp³-hybridized carbons (Fsp3) is 0.524. The Morgan fingerprint density at radius 3 is 2.78 bits per heavy atom. The lowest BCUT2D eigenvalue weighted by Crippen LogP contribution is -2.29. The van der Waals surface area contributed by atoms with Gasteiger partial charge in [0, 0.05) is 6.54 Å². The average molecular weight is 389 g/mol. The molecule has 0 unspecified atom stereocenters. The van der Waals surface area contributed by atoms with E-state index in [0.29, 0.717) is 30.0 Å². The van der Waals surface area contributed by atoms with Crippen molar-refractivity contribution in [2.75, 3.05) is 20.3 Å². The van der Waals surface area contributed by atoms with Crippen LogP contribution in [-0.4, -0.2) is 24.8 Å².